The number of carboxylic acid groups (broad SMARTS) is 2. The summed E-state index contributed by atoms with van der Waals surface area (Å²) in [6.45, 7) is 1.48. The van der Waals surface area contributed by atoms with Gasteiger partial charge in [-0.1, -0.05) is 12.1 Å². The van der Waals surface area contributed by atoms with Gasteiger partial charge in [0.05, 0.1) is 35.5 Å². The van der Waals surface area contributed by atoms with Crippen LogP contribution in [0.15, 0.2) is 30.3 Å². The van der Waals surface area contributed by atoms with E-state index in [0.717, 1.165) is 30.0 Å². The third-order valence-electron chi connectivity index (χ3n) is 4.32. The first-order valence-electron chi connectivity index (χ1n) is 9.48. The van der Waals surface area contributed by atoms with Crippen LogP contribution in [0.4, 0.5) is 0 Å². The van der Waals surface area contributed by atoms with Crippen molar-refractivity contribution in [2.45, 2.75) is 13.0 Å². The Bertz CT molecular complexity index is 887. The zero-order valence-electron chi connectivity index (χ0n) is 18.8. The summed E-state index contributed by atoms with van der Waals surface area (Å²) in [6.07, 6.45) is 0.871. The lowest BCUT2D eigenvalue weighted by atomic mass is 10.1. The molecule has 2 aromatic rings. The molecular weight excluding hydrogens is 422 g/mol. The summed E-state index contributed by atoms with van der Waals surface area (Å²) in [5, 5.41) is 18.2. The monoisotopic (exact) mass is 451 g/mol. The molecule has 10 nitrogen and oxygen atoms in total. The van der Waals surface area contributed by atoms with E-state index in [1.54, 1.807) is 35.5 Å². The maximum absolute atomic E-state index is 9.10. The van der Waals surface area contributed by atoms with Gasteiger partial charge in [-0.15, -0.1) is 0 Å². The fourth-order valence-corrected chi connectivity index (χ4v) is 2.79. The van der Waals surface area contributed by atoms with Gasteiger partial charge < -0.3 is 39.2 Å². The zero-order valence-corrected chi connectivity index (χ0v) is 18.8. The fourth-order valence-electron chi connectivity index (χ4n) is 2.79. The predicted octanol–water partition coefficient (Wildman–Crippen LogP) is 2.22. The number of ether oxygens (including phenoxy) is 5. The molecular formula is C22H29NO9. The van der Waals surface area contributed by atoms with Crippen LogP contribution in [0.1, 0.15) is 11.1 Å². The lowest BCUT2D eigenvalue weighted by molar-refractivity contribution is -0.159. The van der Waals surface area contributed by atoms with Crippen molar-refractivity contribution in [3.8, 4) is 28.7 Å². The molecule has 0 fully saturated rings. The molecule has 0 saturated heterocycles. The average molecular weight is 451 g/mol. The summed E-state index contributed by atoms with van der Waals surface area (Å²) in [7, 11) is 8.12. The third kappa shape index (κ3) is 7.55. The van der Waals surface area contributed by atoms with E-state index in [4.69, 9.17) is 43.5 Å². The molecule has 0 unspecified atom stereocenters. The molecule has 0 saturated carbocycles. The largest absolute Gasteiger partial charge is 0.493 e. The highest BCUT2D eigenvalue weighted by Gasteiger charge is 2.15. The minimum atomic E-state index is -1.82. The number of nitrogens with one attached hydrogen (secondary N) is 1. The first-order valence-corrected chi connectivity index (χ1v) is 9.48. The number of hydrogen-bond donors (Lipinski definition) is 3. The predicted molar refractivity (Wildman–Crippen MR) is 116 cm³/mol. The summed E-state index contributed by atoms with van der Waals surface area (Å²) in [6, 6.07) is 9.82. The van der Waals surface area contributed by atoms with Crippen LogP contribution in [0, 0.1) is 0 Å². The number of benzene rings is 2. The summed E-state index contributed by atoms with van der Waals surface area (Å²) < 4.78 is 26.8. The smallest absolute Gasteiger partial charge is 0.414 e. The van der Waals surface area contributed by atoms with Crippen LogP contribution in [-0.2, 0) is 22.6 Å². The number of aliphatic carboxylic acids is 2. The van der Waals surface area contributed by atoms with Crippen molar-refractivity contribution in [3.63, 3.8) is 0 Å². The molecule has 0 spiro atoms. The Morgan fingerprint density at radius 2 is 1.31 bits per heavy atom. The van der Waals surface area contributed by atoms with Crippen LogP contribution in [0.3, 0.4) is 0 Å². The van der Waals surface area contributed by atoms with Gasteiger partial charge in [-0.05, 0) is 36.7 Å². The second-order valence-corrected chi connectivity index (χ2v) is 6.22. The topological polar surface area (TPSA) is 133 Å². The maximum atomic E-state index is 9.10. The highest BCUT2D eigenvalue weighted by Crippen LogP contribution is 2.39. The first kappa shape index (κ1) is 26.4. The van der Waals surface area contributed by atoms with Crippen LogP contribution < -0.4 is 29.0 Å². The highest BCUT2D eigenvalue weighted by molar-refractivity contribution is 6.27. The van der Waals surface area contributed by atoms with E-state index in [2.05, 4.69) is 5.32 Å². The second-order valence-electron chi connectivity index (χ2n) is 6.22. The van der Waals surface area contributed by atoms with E-state index in [1.165, 1.54) is 5.56 Å². The van der Waals surface area contributed by atoms with Crippen molar-refractivity contribution in [1.82, 2.24) is 5.32 Å². The van der Waals surface area contributed by atoms with Crippen LogP contribution in [0.5, 0.6) is 28.7 Å². The zero-order chi connectivity index (χ0) is 24.1. The average Bonchev–Trinajstić information content (AvgIpc) is 2.81. The molecule has 0 atom stereocenters. The lowest BCUT2D eigenvalue weighted by Gasteiger charge is -2.16. The Balaban J connectivity index is 0.000000751. The van der Waals surface area contributed by atoms with E-state index in [1.807, 2.05) is 30.3 Å². The van der Waals surface area contributed by atoms with Crippen molar-refractivity contribution in [2.75, 3.05) is 42.1 Å². The number of hydrogen-bond acceptors (Lipinski definition) is 8. The normalized spacial score (nSPS) is 9.78. The van der Waals surface area contributed by atoms with Crippen molar-refractivity contribution in [3.05, 3.63) is 41.5 Å². The molecule has 3 N–H and O–H groups in total. The van der Waals surface area contributed by atoms with Crippen molar-refractivity contribution < 1.29 is 43.5 Å². The minimum absolute atomic E-state index is 0.606. The van der Waals surface area contributed by atoms with Gasteiger partial charge in [-0.3, -0.25) is 0 Å². The van der Waals surface area contributed by atoms with Crippen molar-refractivity contribution in [2.24, 2.45) is 0 Å². The molecule has 2 aromatic carbocycles. The number of rotatable bonds is 10. The Labute approximate surface area is 186 Å². The molecule has 0 aliphatic carbocycles. The van der Waals surface area contributed by atoms with Gasteiger partial charge in [0.25, 0.3) is 0 Å². The quantitative estimate of drug-likeness (QED) is 0.365. The second kappa shape index (κ2) is 13.6. The molecule has 10 heteroatoms. The van der Waals surface area contributed by atoms with E-state index in [0.29, 0.717) is 23.8 Å². The Morgan fingerprint density at radius 1 is 0.750 bits per heavy atom. The Hall–Kier alpha value is -3.66. The summed E-state index contributed by atoms with van der Waals surface area (Å²) in [5.41, 5.74) is 2.19. The molecule has 0 amide bonds. The molecule has 176 valence electrons. The van der Waals surface area contributed by atoms with Crippen molar-refractivity contribution in [1.29, 1.82) is 0 Å². The van der Waals surface area contributed by atoms with Gasteiger partial charge in [-0.2, -0.15) is 0 Å². The van der Waals surface area contributed by atoms with E-state index in [9.17, 15) is 0 Å². The minimum Gasteiger partial charge on any atom is -0.493 e. The molecule has 0 radical (unpaired) electrons. The van der Waals surface area contributed by atoms with E-state index in [-0.39, 0.29) is 0 Å². The van der Waals surface area contributed by atoms with Gasteiger partial charge in [0.1, 0.15) is 0 Å². The van der Waals surface area contributed by atoms with Gasteiger partial charge in [-0.25, -0.2) is 9.59 Å². The standard InChI is InChI=1S/C20H27NO5.C2H2O4/c1-22-16-8-6-14(12-18(16)24-3)10-11-21-13-15-7-9-17(23-2)20(26-5)19(15)25-4;3-1(4)2(5)6/h6-9,12,21H,10-11,13H2,1-5H3;(H,3,4)(H,5,6). The number of carboxylic acids is 2. The Kier molecular flexibility index (Phi) is 11.2. The SMILES string of the molecule is COc1ccc(CCNCc2ccc(OC)c(OC)c2OC)cc1OC.O=C(O)C(=O)O. The van der Waals surface area contributed by atoms with Crippen LogP contribution in [0.2, 0.25) is 0 Å². The van der Waals surface area contributed by atoms with Gasteiger partial charge in [0.15, 0.2) is 23.0 Å². The molecule has 0 aromatic heterocycles. The highest BCUT2D eigenvalue weighted by atomic mass is 16.5. The van der Waals surface area contributed by atoms with Gasteiger partial charge in [0.2, 0.25) is 5.75 Å². The third-order valence-corrected chi connectivity index (χ3v) is 4.32. The maximum Gasteiger partial charge on any atom is 0.414 e. The van der Waals surface area contributed by atoms with E-state index < -0.39 is 11.9 Å². The molecule has 0 aliphatic rings. The summed E-state index contributed by atoms with van der Waals surface area (Å²) in [5.74, 6) is -0.228. The lowest BCUT2D eigenvalue weighted by Crippen LogP contribution is -2.17. The molecule has 0 heterocycles. The molecule has 2 rings (SSSR count). The van der Waals surface area contributed by atoms with Crippen LogP contribution in [-0.4, -0.2) is 64.2 Å². The fraction of sp³-hybridized carbons (Fsp3) is 0.364. The first-order chi connectivity index (χ1) is 15.3. The summed E-state index contributed by atoms with van der Waals surface area (Å²) >= 11 is 0. The number of carbonyl (C=O) groups is 2. The number of methoxy groups -OCH3 is 5. The van der Waals surface area contributed by atoms with Crippen LogP contribution in [0.25, 0.3) is 0 Å². The van der Waals surface area contributed by atoms with Gasteiger partial charge in [0, 0.05) is 12.1 Å². The summed E-state index contributed by atoms with van der Waals surface area (Å²) in [4.78, 5) is 18.2. The van der Waals surface area contributed by atoms with E-state index >= 15 is 0 Å². The van der Waals surface area contributed by atoms with Crippen molar-refractivity contribution >= 4 is 11.9 Å². The van der Waals surface area contributed by atoms with Crippen LogP contribution >= 0.6 is 0 Å². The molecule has 0 bridgehead atoms. The molecule has 0 aliphatic heterocycles. The molecule has 32 heavy (non-hydrogen) atoms. The van der Waals surface area contributed by atoms with Gasteiger partial charge >= 0.3 is 11.9 Å². The Morgan fingerprint density at radius 3 is 1.81 bits per heavy atom.